The molecule has 1 saturated carbocycles. The van der Waals surface area contributed by atoms with E-state index in [4.69, 9.17) is 4.74 Å². The highest BCUT2D eigenvalue weighted by Crippen LogP contribution is 2.62. The Hall–Kier alpha value is -0.890. The van der Waals surface area contributed by atoms with Crippen LogP contribution in [0.3, 0.4) is 0 Å². The minimum atomic E-state index is -1.07. The molecule has 1 aliphatic carbocycles. The minimum Gasteiger partial charge on any atom is -0.376 e. The van der Waals surface area contributed by atoms with E-state index in [0.29, 0.717) is 19.6 Å². The first-order valence-electron chi connectivity index (χ1n) is 5.42. The van der Waals surface area contributed by atoms with Crippen LogP contribution in [0.5, 0.6) is 0 Å². The van der Waals surface area contributed by atoms with Gasteiger partial charge in [0.05, 0.1) is 18.6 Å². The van der Waals surface area contributed by atoms with Gasteiger partial charge in [0, 0.05) is 0 Å². The van der Waals surface area contributed by atoms with Crippen LogP contribution in [-0.2, 0) is 16.8 Å². The fraction of sp³-hybridized carbons (Fsp3) is 0.538. The molecule has 0 radical (unpaired) electrons. The van der Waals surface area contributed by atoms with Crippen LogP contribution >= 0.6 is 0 Å². The molecule has 1 aromatic carbocycles. The molecule has 1 fully saturated rings. The van der Waals surface area contributed by atoms with Gasteiger partial charge in [-0.2, -0.15) is 0 Å². The van der Waals surface area contributed by atoms with Crippen LogP contribution in [0.1, 0.15) is 30.0 Å². The number of hydrogen-bond acceptors (Lipinski definition) is 1. The van der Waals surface area contributed by atoms with Gasteiger partial charge in [0.25, 0.3) is 0 Å². The van der Waals surface area contributed by atoms with Crippen LogP contribution in [0.25, 0.3) is 0 Å². The van der Waals surface area contributed by atoms with E-state index >= 15 is 0 Å². The summed E-state index contributed by atoms with van der Waals surface area (Å²) in [5.74, 6) is 0. The van der Waals surface area contributed by atoms with Gasteiger partial charge in [0.1, 0.15) is 5.67 Å². The highest BCUT2D eigenvalue weighted by atomic mass is 19.1. The van der Waals surface area contributed by atoms with Gasteiger partial charge in [0.2, 0.25) is 0 Å². The molecule has 3 rings (SSSR count). The van der Waals surface area contributed by atoms with E-state index in [0.717, 1.165) is 5.56 Å². The second-order valence-electron chi connectivity index (χ2n) is 5.11. The van der Waals surface area contributed by atoms with Gasteiger partial charge in [-0.15, -0.1) is 0 Å². The third-order valence-corrected chi connectivity index (χ3v) is 3.89. The fourth-order valence-corrected chi connectivity index (χ4v) is 2.77. The average molecular weight is 206 g/mol. The van der Waals surface area contributed by atoms with E-state index in [1.807, 2.05) is 0 Å². The number of fused-ring (bicyclic) bond motifs is 2. The van der Waals surface area contributed by atoms with Crippen molar-refractivity contribution >= 4 is 0 Å². The van der Waals surface area contributed by atoms with Crippen LogP contribution in [0.2, 0.25) is 0 Å². The third kappa shape index (κ3) is 1.11. The predicted molar refractivity (Wildman–Crippen MR) is 56.6 cm³/mol. The quantitative estimate of drug-likeness (QED) is 0.634. The van der Waals surface area contributed by atoms with Gasteiger partial charge >= 0.3 is 0 Å². The lowest BCUT2D eigenvalue weighted by atomic mass is 9.86. The van der Waals surface area contributed by atoms with Crippen LogP contribution in [0.15, 0.2) is 18.2 Å². The fourth-order valence-electron chi connectivity index (χ4n) is 2.77. The zero-order valence-corrected chi connectivity index (χ0v) is 9.14. The Kier molecular flexibility index (Phi) is 1.63. The van der Waals surface area contributed by atoms with Crippen molar-refractivity contribution in [3.63, 3.8) is 0 Å². The molecule has 0 saturated heterocycles. The molecule has 1 aromatic rings. The van der Waals surface area contributed by atoms with Crippen molar-refractivity contribution in [1.82, 2.24) is 0 Å². The second kappa shape index (κ2) is 2.62. The minimum absolute atomic E-state index is 0.341. The van der Waals surface area contributed by atoms with Crippen molar-refractivity contribution in [3.8, 4) is 0 Å². The molecule has 2 unspecified atom stereocenters. The first-order valence-corrected chi connectivity index (χ1v) is 5.42. The van der Waals surface area contributed by atoms with Gasteiger partial charge in [-0.1, -0.05) is 23.8 Å². The van der Waals surface area contributed by atoms with Gasteiger partial charge < -0.3 is 4.74 Å². The summed E-state index contributed by atoms with van der Waals surface area (Å²) in [6.07, 6.45) is 0.608. The Labute approximate surface area is 89.3 Å². The zero-order valence-electron chi connectivity index (χ0n) is 9.14. The number of aryl methyl sites for hydroxylation is 1. The molecule has 2 atom stereocenters. The molecule has 1 spiro atoms. The summed E-state index contributed by atoms with van der Waals surface area (Å²) in [5.41, 5.74) is 2.13. The molecule has 0 aromatic heterocycles. The Balaban J connectivity index is 2.15. The lowest BCUT2D eigenvalue weighted by Gasteiger charge is -2.27. The van der Waals surface area contributed by atoms with E-state index in [1.165, 1.54) is 11.1 Å². The maximum atomic E-state index is 14.1. The van der Waals surface area contributed by atoms with Crippen molar-refractivity contribution in [1.29, 1.82) is 0 Å². The molecule has 0 N–H and O–H groups in total. The standard InChI is InChI=1S/C13H15FO/c1-9-3-4-10-6-15-8-13(11(10)5-9)7-12(13,2)14/h3-5H,6-8H2,1-2H3. The molecule has 80 valence electrons. The highest BCUT2D eigenvalue weighted by Gasteiger charge is 2.68. The van der Waals surface area contributed by atoms with E-state index in [9.17, 15) is 4.39 Å². The second-order valence-corrected chi connectivity index (χ2v) is 5.11. The number of hydrogen-bond donors (Lipinski definition) is 0. The number of halogens is 1. The van der Waals surface area contributed by atoms with Crippen molar-refractivity contribution in [2.75, 3.05) is 6.61 Å². The number of rotatable bonds is 0. The lowest BCUT2D eigenvalue weighted by molar-refractivity contribution is 0.0659. The van der Waals surface area contributed by atoms with E-state index in [2.05, 4.69) is 25.1 Å². The van der Waals surface area contributed by atoms with Crippen LogP contribution in [-0.4, -0.2) is 12.3 Å². The summed E-state index contributed by atoms with van der Waals surface area (Å²) in [4.78, 5) is 0. The molecular formula is C13H15FO. The Bertz CT molecular complexity index is 425. The summed E-state index contributed by atoms with van der Waals surface area (Å²) in [6.45, 7) is 4.92. The van der Waals surface area contributed by atoms with Gasteiger partial charge in [0.15, 0.2) is 0 Å². The van der Waals surface area contributed by atoms with E-state index < -0.39 is 5.67 Å². The summed E-state index contributed by atoms with van der Waals surface area (Å²) >= 11 is 0. The summed E-state index contributed by atoms with van der Waals surface area (Å²) in [7, 11) is 0. The lowest BCUT2D eigenvalue weighted by Crippen LogP contribution is -2.29. The molecule has 1 nitrogen and oxygen atoms in total. The highest BCUT2D eigenvalue weighted by molar-refractivity contribution is 5.47. The van der Waals surface area contributed by atoms with Crippen LogP contribution in [0.4, 0.5) is 4.39 Å². The molecule has 1 heterocycles. The van der Waals surface area contributed by atoms with E-state index in [-0.39, 0.29) is 5.41 Å². The normalized spacial score (nSPS) is 37.8. The maximum Gasteiger partial charge on any atom is 0.121 e. The largest absolute Gasteiger partial charge is 0.376 e. The van der Waals surface area contributed by atoms with Crippen molar-refractivity contribution in [2.45, 2.75) is 38.0 Å². The summed E-state index contributed by atoms with van der Waals surface area (Å²) in [6, 6.07) is 6.27. The van der Waals surface area contributed by atoms with Gasteiger partial charge in [-0.05, 0) is 31.4 Å². The van der Waals surface area contributed by atoms with Crippen molar-refractivity contribution in [3.05, 3.63) is 34.9 Å². The molecule has 2 heteroatoms. The first-order chi connectivity index (χ1) is 7.05. The predicted octanol–water partition coefficient (Wildman–Crippen LogP) is 2.89. The van der Waals surface area contributed by atoms with Crippen molar-refractivity contribution < 1.29 is 9.13 Å². The van der Waals surface area contributed by atoms with E-state index in [1.54, 1.807) is 6.92 Å². The maximum absolute atomic E-state index is 14.1. The van der Waals surface area contributed by atoms with Crippen molar-refractivity contribution in [2.24, 2.45) is 0 Å². The smallest absolute Gasteiger partial charge is 0.121 e. The van der Waals surface area contributed by atoms with Gasteiger partial charge in [-0.3, -0.25) is 0 Å². The molecule has 0 amide bonds. The number of benzene rings is 1. The Morgan fingerprint density at radius 1 is 1.40 bits per heavy atom. The van der Waals surface area contributed by atoms with Crippen LogP contribution in [0, 0.1) is 6.92 Å². The monoisotopic (exact) mass is 206 g/mol. The average Bonchev–Trinajstić information content (AvgIpc) is 2.71. The molecule has 2 aliphatic rings. The topological polar surface area (TPSA) is 9.23 Å². The van der Waals surface area contributed by atoms with Gasteiger partial charge in [-0.25, -0.2) is 4.39 Å². The van der Waals surface area contributed by atoms with Crippen LogP contribution < -0.4 is 0 Å². The number of ether oxygens (including phenoxy) is 1. The Morgan fingerprint density at radius 3 is 2.80 bits per heavy atom. The third-order valence-electron chi connectivity index (χ3n) is 3.89. The SMILES string of the molecule is Cc1ccc2c(c1)C1(COC2)CC1(C)F. The first kappa shape index (κ1) is 9.34. The Morgan fingerprint density at radius 2 is 2.13 bits per heavy atom. The molecule has 1 aliphatic heterocycles. The molecule has 15 heavy (non-hydrogen) atoms. The number of alkyl halides is 1. The molecule has 0 bridgehead atoms. The summed E-state index contributed by atoms with van der Waals surface area (Å²) in [5, 5.41) is 0. The molecular weight excluding hydrogens is 191 g/mol. The zero-order chi connectivity index (χ0) is 10.7. The summed E-state index contributed by atoms with van der Waals surface area (Å²) < 4.78 is 19.6.